The van der Waals surface area contributed by atoms with E-state index >= 15 is 0 Å². The van der Waals surface area contributed by atoms with E-state index in [-0.39, 0.29) is 0 Å². The van der Waals surface area contributed by atoms with Crippen molar-refractivity contribution in [1.82, 2.24) is 10.2 Å². The molecule has 1 aliphatic rings. The number of likely N-dealkylation sites (tertiary alicyclic amines) is 1. The smallest absolute Gasteiger partial charge is 0.0278 e. The monoisotopic (exact) mass is 232 g/mol. The third-order valence-corrected chi connectivity index (χ3v) is 3.94. The first-order valence-corrected chi connectivity index (χ1v) is 6.67. The summed E-state index contributed by atoms with van der Waals surface area (Å²) in [5, 5.41) is 3.47. The Bertz CT molecular complexity index is 336. The van der Waals surface area contributed by atoms with Gasteiger partial charge in [-0.25, -0.2) is 0 Å². The molecule has 1 fully saturated rings. The summed E-state index contributed by atoms with van der Waals surface area (Å²) >= 11 is 0. The van der Waals surface area contributed by atoms with Crippen LogP contribution in [-0.2, 0) is 6.42 Å². The third kappa shape index (κ3) is 3.55. The van der Waals surface area contributed by atoms with Crippen molar-refractivity contribution in [3.05, 3.63) is 35.9 Å². The Balaban J connectivity index is 1.83. The van der Waals surface area contributed by atoms with Gasteiger partial charge in [-0.3, -0.25) is 0 Å². The lowest BCUT2D eigenvalue weighted by Crippen LogP contribution is -2.54. The minimum Gasteiger partial charge on any atom is -0.313 e. The molecule has 1 atom stereocenters. The van der Waals surface area contributed by atoms with Crippen LogP contribution < -0.4 is 5.32 Å². The molecule has 1 unspecified atom stereocenters. The molecule has 1 aromatic carbocycles. The lowest BCUT2D eigenvalue weighted by Gasteiger charge is -2.40. The molecule has 0 amide bonds. The molecule has 0 bridgehead atoms. The molecule has 0 radical (unpaired) electrons. The molecule has 94 valence electrons. The van der Waals surface area contributed by atoms with E-state index in [9.17, 15) is 0 Å². The van der Waals surface area contributed by atoms with Gasteiger partial charge >= 0.3 is 0 Å². The largest absolute Gasteiger partial charge is 0.313 e. The first-order valence-electron chi connectivity index (χ1n) is 6.67. The molecule has 2 rings (SSSR count). The van der Waals surface area contributed by atoms with Gasteiger partial charge in [0.1, 0.15) is 0 Å². The van der Waals surface area contributed by atoms with Gasteiger partial charge in [-0.2, -0.15) is 0 Å². The zero-order chi connectivity index (χ0) is 12.1. The number of hydrogen-bond acceptors (Lipinski definition) is 2. The molecular formula is C15H24N2. The van der Waals surface area contributed by atoms with Gasteiger partial charge in [-0.05, 0) is 45.3 Å². The molecule has 0 aliphatic carbocycles. The van der Waals surface area contributed by atoms with Crippen LogP contribution >= 0.6 is 0 Å². The van der Waals surface area contributed by atoms with E-state index in [0.717, 1.165) is 0 Å². The molecule has 0 spiro atoms. The standard InChI is InChI=1S/C15H24N2/c1-15(16-2)10-6-11-17(13-15)12-9-14-7-4-3-5-8-14/h3-5,7-8,16H,6,9-13H2,1-2H3. The fraction of sp³-hybridized carbons (Fsp3) is 0.600. The van der Waals surface area contributed by atoms with Gasteiger partial charge in [0.2, 0.25) is 0 Å². The van der Waals surface area contributed by atoms with Crippen molar-refractivity contribution in [2.45, 2.75) is 31.7 Å². The van der Waals surface area contributed by atoms with Crippen LogP contribution in [-0.4, -0.2) is 37.1 Å². The predicted octanol–water partition coefficient (Wildman–Crippen LogP) is 2.30. The number of benzene rings is 1. The Morgan fingerprint density at radius 3 is 2.76 bits per heavy atom. The summed E-state index contributed by atoms with van der Waals surface area (Å²) in [6.07, 6.45) is 3.78. The van der Waals surface area contributed by atoms with Crippen molar-refractivity contribution in [3.63, 3.8) is 0 Å². The molecule has 0 saturated carbocycles. The highest BCUT2D eigenvalue weighted by Gasteiger charge is 2.28. The second-order valence-electron chi connectivity index (χ2n) is 5.43. The summed E-state index contributed by atoms with van der Waals surface area (Å²) in [5.41, 5.74) is 1.76. The van der Waals surface area contributed by atoms with Gasteiger partial charge in [0.25, 0.3) is 0 Å². The molecule has 1 aromatic rings. The van der Waals surface area contributed by atoms with Crippen LogP contribution in [0.1, 0.15) is 25.3 Å². The fourth-order valence-electron chi connectivity index (χ4n) is 2.67. The van der Waals surface area contributed by atoms with Gasteiger partial charge in [0.05, 0.1) is 0 Å². The van der Waals surface area contributed by atoms with Crippen molar-refractivity contribution < 1.29 is 0 Å². The van der Waals surface area contributed by atoms with E-state index in [2.05, 4.69) is 54.5 Å². The summed E-state index contributed by atoms with van der Waals surface area (Å²) in [6, 6.07) is 10.8. The third-order valence-electron chi connectivity index (χ3n) is 3.94. The highest BCUT2D eigenvalue weighted by Crippen LogP contribution is 2.20. The quantitative estimate of drug-likeness (QED) is 0.857. The van der Waals surface area contributed by atoms with E-state index in [4.69, 9.17) is 0 Å². The summed E-state index contributed by atoms with van der Waals surface area (Å²) in [5.74, 6) is 0. The normalized spacial score (nSPS) is 26.0. The second kappa shape index (κ2) is 5.65. The van der Waals surface area contributed by atoms with Crippen LogP contribution in [0.2, 0.25) is 0 Å². The Morgan fingerprint density at radius 2 is 2.06 bits per heavy atom. The van der Waals surface area contributed by atoms with Gasteiger partial charge < -0.3 is 10.2 Å². The maximum Gasteiger partial charge on any atom is 0.0278 e. The average Bonchev–Trinajstić information content (AvgIpc) is 2.38. The summed E-state index contributed by atoms with van der Waals surface area (Å²) < 4.78 is 0. The van der Waals surface area contributed by atoms with Crippen molar-refractivity contribution in [1.29, 1.82) is 0 Å². The molecule has 1 aliphatic heterocycles. The second-order valence-corrected chi connectivity index (χ2v) is 5.43. The highest BCUT2D eigenvalue weighted by molar-refractivity contribution is 5.14. The maximum absolute atomic E-state index is 3.47. The zero-order valence-corrected chi connectivity index (χ0v) is 11.1. The zero-order valence-electron chi connectivity index (χ0n) is 11.1. The summed E-state index contributed by atoms with van der Waals surface area (Å²) in [6.45, 7) is 5.95. The average molecular weight is 232 g/mol. The Kier molecular flexibility index (Phi) is 4.19. The topological polar surface area (TPSA) is 15.3 Å². The number of nitrogens with zero attached hydrogens (tertiary/aromatic N) is 1. The van der Waals surface area contributed by atoms with Crippen LogP contribution in [0.3, 0.4) is 0 Å². The Labute approximate surface area is 105 Å². The fourth-order valence-corrected chi connectivity index (χ4v) is 2.67. The molecular weight excluding hydrogens is 208 g/mol. The molecule has 2 nitrogen and oxygen atoms in total. The van der Waals surface area contributed by atoms with Crippen molar-refractivity contribution in [2.75, 3.05) is 26.7 Å². The molecule has 1 saturated heterocycles. The lowest BCUT2D eigenvalue weighted by molar-refractivity contribution is 0.140. The number of nitrogens with one attached hydrogen (secondary N) is 1. The molecule has 2 heteroatoms. The van der Waals surface area contributed by atoms with E-state index in [0.29, 0.717) is 5.54 Å². The number of hydrogen-bond donors (Lipinski definition) is 1. The number of rotatable bonds is 4. The highest BCUT2D eigenvalue weighted by atomic mass is 15.2. The minimum atomic E-state index is 0.314. The molecule has 0 aromatic heterocycles. The van der Waals surface area contributed by atoms with Gasteiger partial charge in [-0.15, -0.1) is 0 Å². The number of piperidine rings is 1. The molecule has 1 N–H and O–H groups in total. The van der Waals surface area contributed by atoms with Crippen LogP contribution in [0.4, 0.5) is 0 Å². The predicted molar refractivity (Wildman–Crippen MR) is 73.3 cm³/mol. The van der Waals surface area contributed by atoms with Crippen LogP contribution in [0.15, 0.2) is 30.3 Å². The van der Waals surface area contributed by atoms with Crippen molar-refractivity contribution in [3.8, 4) is 0 Å². The van der Waals surface area contributed by atoms with Crippen molar-refractivity contribution in [2.24, 2.45) is 0 Å². The van der Waals surface area contributed by atoms with Crippen LogP contribution in [0.5, 0.6) is 0 Å². The van der Waals surface area contributed by atoms with E-state index in [1.165, 1.54) is 44.5 Å². The van der Waals surface area contributed by atoms with Crippen LogP contribution in [0, 0.1) is 0 Å². The minimum absolute atomic E-state index is 0.314. The maximum atomic E-state index is 3.47. The van der Waals surface area contributed by atoms with E-state index in [1.54, 1.807) is 0 Å². The molecule has 1 heterocycles. The number of likely N-dealkylation sites (N-methyl/N-ethyl adjacent to an activating group) is 1. The van der Waals surface area contributed by atoms with E-state index in [1.807, 2.05) is 0 Å². The Hall–Kier alpha value is -0.860. The van der Waals surface area contributed by atoms with Gasteiger partial charge in [-0.1, -0.05) is 30.3 Å². The first kappa shape index (κ1) is 12.6. The molecule has 17 heavy (non-hydrogen) atoms. The van der Waals surface area contributed by atoms with Gasteiger partial charge in [0, 0.05) is 18.6 Å². The SMILES string of the molecule is CNC1(C)CCCN(CCc2ccccc2)C1. The van der Waals surface area contributed by atoms with Crippen molar-refractivity contribution >= 4 is 0 Å². The van der Waals surface area contributed by atoms with E-state index < -0.39 is 0 Å². The summed E-state index contributed by atoms with van der Waals surface area (Å²) in [7, 11) is 2.08. The summed E-state index contributed by atoms with van der Waals surface area (Å²) in [4.78, 5) is 2.59. The first-order chi connectivity index (χ1) is 8.22. The van der Waals surface area contributed by atoms with Crippen LogP contribution in [0.25, 0.3) is 0 Å². The Morgan fingerprint density at radius 1 is 1.29 bits per heavy atom. The van der Waals surface area contributed by atoms with Gasteiger partial charge in [0.15, 0.2) is 0 Å². The lowest BCUT2D eigenvalue weighted by atomic mass is 9.91.